The Kier molecular flexibility index (Phi) is 7.96. The molecule has 0 bridgehead atoms. The molecule has 36 heavy (non-hydrogen) atoms. The van der Waals surface area contributed by atoms with Crippen LogP contribution in [0.1, 0.15) is 56.8 Å². The zero-order chi connectivity index (χ0) is 25.9. The number of halogens is 1. The minimum atomic E-state index is -3.97. The second kappa shape index (κ2) is 11.0. The summed E-state index contributed by atoms with van der Waals surface area (Å²) in [6.07, 6.45) is 5.14. The lowest BCUT2D eigenvalue weighted by atomic mass is 10.1. The first kappa shape index (κ1) is 26.1. The summed E-state index contributed by atoms with van der Waals surface area (Å²) in [5, 5.41) is 8.01. The van der Waals surface area contributed by atoms with E-state index in [0.29, 0.717) is 40.5 Å². The van der Waals surface area contributed by atoms with E-state index in [0.717, 1.165) is 19.3 Å². The first-order valence-corrected chi connectivity index (χ1v) is 13.5. The summed E-state index contributed by atoms with van der Waals surface area (Å²) in [6.45, 7) is 3.90. The Balaban J connectivity index is 1.77. The standard InChI is InChI=1S/C23H29ClN6O5S/c1-14(21-25-12-16(24)13-26-21)15(2)36(31,32)29-23-28-27-22(19-8-5-6-11-35-19)30(23)20-17(33-3)9-7-10-18(20)34-4/h7,9-10,12-15,19H,5-6,8,11H2,1-4H3,(H,28,29)/t14-,15-,19+/m0/s1. The molecule has 3 heterocycles. The van der Waals surface area contributed by atoms with Crippen molar-refractivity contribution in [3.63, 3.8) is 0 Å². The first-order valence-electron chi connectivity index (χ1n) is 11.5. The minimum Gasteiger partial charge on any atom is -0.494 e. The Hall–Kier alpha value is -2.96. The number of anilines is 1. The molecule has 1 saturated heterocycles. The van der Waals surface area contributed by atoms with Gasteiger partial charge < -0.3 is 14.2 Å². The van der Waals surface area contributed by atoms with Gasteiger partial charge in [-0.1, -0.05) is 24.6 Å². The average molecular weight is 537 g/mol. The Bertz CT molecular complexity index is 1270. The molecule has 1 N–H and O–H groups in total. The molecule has 0 amide bonds. The molecule has 1 fully saturated rings. The third-order valence-electron chi connectivity index (χ3n) is 6.26. The lowest BCUT2D eigenvalue weighted by molar-refractivity contribution is 0.00839. The first-order chi connectivity index (χ1) is 17.3. The molecule has 0 aliphatic carbocycles. The molecule has 194 valence electrons. The highest BCUT2D eigenvalue weighted by molar-refractivity contribution is 7.93. The summed E-state index contributed by atoms with van der Waals surface area (Å²) >= 11 is 5.88. The Morgan fingerprint density at radius 2 is 1.78 bits per heavy atom. The number of hydrogen-bond donors (Lipinski definition) is 1. The Labute approximate surface area is 215 Å². The Morgan fingerprint density at radius 3 is 2.36 bits per heavy atom. The number of aromatic nitrogens is 5. The van der Waals surface area contributed by atoms with E-state index in [2.05, 4.69) is 24.9 Å². The molecule has 3 atom stereocenters. The van der Waals surface area contributed by atoms with Crippen LogP contribution in [0.3, 0.4) is 0 Å². The van der Waals surface area contributed by atoms with Gasteiger partial charge in [-0.15, -0.1) is 10.2 Å². The van der Waals surface area contributed by atoms with Gasteiger partial charge >= 0.3 is 0 Å². The monoisotopic (exact) mass is 536 g/mol. The highest BCUT2D eigenvalue weighted by Crippen LogP contribution is 2.39. The maximum absolute atomic E-state index is 13.5. The van der Waals surface area contributed by atoms with Crippen LogP contribution in [0.4, 0.5) is 5.95 Å². The van der Waals surface area contributed by atoms with E-state index in [1.54, 1.807) is 36.6 Å². The van der Waals surface area contributed by atoms with Crippen LogP contribution in [0.25, 0.3) is 5.69 Å². The molecule has 11 nitrogen and oxygen atoms in total. The van der Waals surface area contributed by atoms with Crippen LogP contribution in [0.2, 0.25) is 5.02 Å². The van der Waals surface area contributed by atoms with Crippen LogP contribution in [0, 0.1) is 0 Å². The number of benzene rings is 1. The average Bonchev–Trinajstić information content (AvgIpc) is 3.30. The maximum Gasteiger partial charge on any atom is 0.243 e. The van der Waals surface area contributed by atoms with Gasteiger partial charge in [0.2, 0.25) is 16.0 Å². The predicted molar refractivity (Wildman–Crippen MR) is 134 cm³/mol. The zero-order valence-electron chi connectivity index (χ0n) is 20.5. The third-order valence-corrected chi connectivity index (χ3v) is 8.31. The molecule has 2 aromatic heterocycles. The number of methoxy groups -OCH3 is 2. The number of rotatable bonds is 9. The van der Waals surface area contributed by atoms with Gasteiger partial charge in [-0.05, 0) is 38.3 Å². The van der Waals surface area contributed by atoms with E-state index < -0.39 is 21.2 Å². The van der Waals surface area contributed by atoms with Gasteiger partial charge in [-0.2, -0.15) is 0 Å². The summed E-state index contributed by atoms with van der Waals surface area (Å²) in [5.41, 5.74) is 0.469. The molecule has 1 aliphatic rings. The predicted octanol–water partition coefficient (Wildman–Crippen LogP) is 3.90. The van der Waals surface area contributed by atoms with Gasteiger partial charge in [-0.3, -0.25) is 9.29 Å². The van der Waals surface area contributed by atoms with E-state index in [1.165, 1.54) is 26.6 Å². The molecule has 1 aromatic carbocycles. The van der Waals surface area contributed by atoms with Crippen LogP contribution in [0.5, 0.6) is 11.5 Å². The topological polar surface area (TPSA) is 130 Å². The van der Waals surface area contributed by atoms with Gasteiger partial charge in [0.25, 0.3) is 0 Å². The van der Waals surface area contributed by atoms with Crippen molar-refractivity contribution in [2.75, 3.05) is 25.5 Å². The molecule has 0 unspecified atom stereocenters. The lowest BCUT2D eigenvalue weighted by Crippen LogP contribution is -2.31. The summed E-state index contributed by atoms with van der Waals surface area (Å²) < 4.78 is 48.3. The molecular weight excluding hydrogens is 508 g/mol. The molecule has 13 heteroatoms. The van der Waals surface area contributed by atoms with Crippen molar-refractivity contribution < 1.29 is 22.6 Å². The highest BCUT2D eigenvalue weighted by Gasteiger charge is 2.34. The smallest absolute Gasteiger partial charge is 0.243 e. The molecular formula is C23H29ClN6O5S. The largest absolute Gasteiger partial charge is 0.494 e. The van der Waals surface area contributed by atoms with Gasteiger partial charge in [-0.25, -0.2) is 18.4 Å². The number of nitrogens with one attached hydrogen (secondary N) is 1. The molecule has 0 spiro atoms. The summed E-state index contributed by atoms with van der Waals surface area (Å²) in [5.74, 6) is 1.21. The SMILES string of the molecule is COc1cccc(OC)c1-n1c(NS(=O)(=O)[C@@H](C)[C@H](C)c2ncc(Cl)cn2)nnc1[C@H]1CCCCO1. The molecule has 4 rings (SSSR count). The van der Waals surface area contributed by atoms with Gasteiger partial charge in [0.1, 0.15) is 29.1 Å². The van der Waals surface area contributed by atoms with E-state index >= 15 is 0 Å². The van der Waals surface area contributed by atoms with Crippen molar-refractivity contribution in [2.24, 2.45) is 0 Å². The van der Waals surface area contributed by atoms with Crippen molar-refractivity contribution in [1.82, 2.24) is 24.7 Å². The third kappa shape index (κ3) is 5.25. The number of ether oxygens (including phenoxy) is 3. The fraction of sp³-hybridized carbons (Fsp3) is 0.478. The second-order valence-corrected chi connectivity index (χ2v) is 11.0. The van der Waals surface area contributed by atoms with E-state index in [1.807, 2.05) is 0 Å². The van der Waals surface area contributed by atoms with E-state index in [-0.39, 0.29) is 12.1 Å². The van der Waals surface area contributed by atoms with Crippen LogP contribution >= 0.6 is 11.6 Å². The number of nitrogens with zero attached hydrogens (tertiary/aromatic N) is 5. The summed E-state index contributed by atoms with van der Waals surface area (Å²) in [4.78, 5) is 8.36. The van der Waals surface area contributed by atoms with Crippen LogP contribution in [-0.4, -0.2) is 59.2 Å². The fourth-order valence-corrected chi connectivity index (χ4v) is 5.37. The second-order valence-electron chi connectivity index (χ2n) is 8.48. The Morgan fingerprint density at radius 1 is 1.11 bits per heavy atom. The van der Waals surface area contributed by atoms with Crippen molar-refractivity contribution >= 4 is 27.6 Å². The fourth-order valence-electron chi connectivity index (χ4n) is 4.04. The van der Waals surface area contributed by atoms with Crippen molar-refractivity contribution in [2.45, 2.75) is 50.4 Å². The maximum atomic E-state index is 13.5. The van der Waals surface area contributed by atoms with Crippen molar-refractivity contribution in [3.8, 4) is 17.2 Å². The number of hydrogen-bond acceptors (Lipinski definition) is 9. The van der Waals surface area contributed by atoms with Crippen LogP contribution in [-0.2, 0) is 14.8 Å². The van der Waals surface area contributed by atoms with E-state index in [9.17, 15) is 8.42 Å². The molecule has 3 aromatic rings. The number of para-hydroxylation sites is 1. The molecule has 1 aliphatic heterocycles. The molecule has 0 saturated carbocycles. The zero-order valence-corrected chi connectivity index (χ0v) is 22.1. The van der Waals surface area contributed by atoms with Crippen molar-refractivity contribution in [3.05, 3.63) is 47.3 Å². The van der Waals surface area contributed by atoms with E-state index in [4.69, 9.17) is 25.8 Å². The van der Waals surface area contributed by atoms with Gasteiger partial charge in [0.05, 0.1) is 24.5 Å². The van der Waals surface area contributed by atoms with Crippen molar-refractivity contribution in [1.29, 1.82) is 0 Å². The normalized spacial score (nSPS) is 17.9. The molecule has 0 radical (unpaired) electrons. The quantitative estimate of drug-likeness (QED) is 0.432. The lowest BCUT2D eigenvalue weighted by Gasteiger charge is -2.25. The van der Waals surface area contributed by atoms with Crippen LogP contribution in [0.15, 0.2) is 30.6 Å². The van der Waals surface area contributed by atoms with Gasteiger partial charge in [0.15, 0.2) is 5.82 Å². The number of sulfonamides is 1. The minimum absolute atomic E-state index is 0.00181. The van der Waals surface area contributed by atoms with Crippen LogP contribution < -0.4 is 14.2 Å². The summed E-state index contributed by atoms with van der Waals surface area (Å²) in [6, 6.07) is 5.29. The summed E-state index contributed by atoms with van der Waals surface area (Å²) in [7, 11) is -0.913. The highest BCUT2D eigenvalue weighted by atomic mass is 35.5. The van der Waals surface area contributed by atoms with Gasteiger partial charge in [0, 0.05) is 24.9 Å².